The summed E-state index contributed by atoms with van der Waals surface area (Å²) in [7, 11) is 1.59. The molecular formula is C22H23NO4. The number of para-hydroxylation sites is 1. The van der Waals surface area contributed by atoms with Gasteiger partial charge < -0.3 is 19.5 Å². The smallest absolute Gasteiger partial charge is 0.231 e. The summed E-state index contributed by atoms with van der Waals surface area (Å²) in [6.07, 6.45) is 5.29. The quantitative estimate of drug-likeness (QED) is 0.842. The molecule has 4 rings (SSSR count). The molecule has 1 saturated heterocycles. The van der Waals surface area contributed by atoms with Gasteiger partial charge in [0.05, 0.1) is 25.8 Å². The Bertz CT molecular complexity index is 897. The highest BCUT2D eigenvalue weighted by Gasteiger charge is 2.31. The van der Waals surface area contributed by atoms with Gasteiger partial charge in [0, 0.05) is 11.1 Å². The Balaban J connectivity index is 1.67. The van der Waals surface area contributed by atoms with E-state index in [1.54, 1.807) is 19.3 Å². The minimum absolute atomic E-state index is 0.0573. The lowest BCUT2D eigenvalue weighted by atomic mass is 10.0. The van der Waals surface area contributed by atoms with Crippen LogP contribution in [0.25, 0.3) is 6.08 Å². The van der Waals surface area contributed by atoms with Crippen LogP contribution in [0.5, 0.6) is 17.2 Å². The van der Waals surface area contributed by atoms with Crippen LogP contribution < -0.4 is 19.5 Å². The average Bonchev–Trinajstić information content (AvgIpc) is 3.01. The van der Waals surface area contributed by atoms with Crippen molar-refractivity contribution in [1.82, 2.24) is 0 Å². The number of piperidine rings is 1. The van der Waals surface area contributed by atoms with Gasteiger partial charge in [-0.05, 0) is 37.5 Å². The van der Waals surface area contributed by atoms with Crippen LogP contribution in [0.4, 0.5) is 0 Å². The fourth-order valence-electron chi connectivity index (χ4n) is 3.86. The lowest BCUT2D eigenvalue weighted by Gasteiger charge is -2.26. The zero-order valence-corrected chi connectivity index (χ0v) is 15.4. The maximum Gasteiger partial charge on any atom is 0.231 e. The van der Waals surface area contributed by atoms with E-state index in [0.29, 0.717) is 29.2 Å². The molecule has 2 aromatic carbocycles. The minimum Gasteiger partial charge on any atom is -0.872 e. The first-order chi connectivity index (χ1) is 13.2. The van der Waals surface area contributed by atoms with E-state index in [4.69, 9.17) is 9.47 Å². The topological polar surface area (TPSA) is 63.0 Å². The van der Waals surface area contributed by atoms with Crippen LogP contribution in [0.2, 0.25) is 0 Å². The van der Waals surface area contributed by atoms with Gasteiger partial charge in [-0.2, -0.15) is 0 Å². The van der Waals surface area contributed by atoms with Crippen molar-refractivity contribution in [3.8, 4) is 17.2 Å². The third-order valence-corrected chi connectivity index (χ3v) is 5.31. The summed E-state index contributed by atoms with van der Waals surface area (Å²) in [5.41, 5.74) is 1.85. The fourth-order valence-corrected chi connectivity index (χ4v) is 3.86. The number of carbonyl (C=O) groups excluding carboxylic acids is 1. The minimum atomic E-state index is -0.189. The fraction of sp³-hybridized carbons (Fsp3) is 0.318. The number of hydrogen-bond acceptors (Lipinski definition) is 4. The number of benzene rings is 2. The molecule has 0 amide bonds. The zero-order chi connectivity index (χ0) is 18.8. The number of rotatable bonds is 4. The highest BCUT2D eigenvalue weighted by atomic mass is 16.5. The average molecular weight is 365 g/mol. The molecule has 0 spiro atoms. The van der Waals surface area contributed by atoms with Crippen LogP contribution in [0.15, 0.2) is 42.2 Å². The van der Waals surface area contributed by atoms with Crippen LogP contribution in [-0.4, -0.2) is 26.0 Å². The molecule has 0 atom stereocenters. The van der Waals surface area contributed by atoms with Gasteiger partial charge in [0.15, 0.2) is 5.76 Å². The number of likely N-dealkylation sites (tertiary alicyclic amines) is 1. The molecule has 2 aliphatic rings. The van der Waals surface area contributed by atoms with Gasteiger partial charge >= 0.3 is 0 Å². The second-order valence-electron chi connectivity index (χ2n) is 7.09. The SMILES string of the molecule is COc1ccccc1/C=C1\Oc2c(ccc([O-])c2C[NH+]2CCCCC2)C1=O. The van der Waals surface area contributed by atoms with Crippen molar-refractivity contribution < 1.29 is 24.3 Å². The van der Waals surface area contributed by atoms with Crippen LogP contribution in [0, 0.1) is 0 Å². The number of ketones is 1. The molecule has 27 heavy (non-hydrogen) atoms. The van der Waals surface area contributed by atoms with Crippen molar-refractivity contribution in [3.63, 3.8) is 0 Å². The number of Topliss-reactive ketones (excluding diaryl/α,β-unsaturated/α-hetero) is 1. The van der Waals surface area contributed by atoms with E-state index >= 15 is 0 Å². The van der Waals surface area contributed by atoms with E-state index in [1.165, 1.54) is 30.2 Å². The Morgan fingerprint density at radius 3 is 2.70 bits per heavy atom. The van der Waals surface area contributed by atoms with Crippen LogP contribution >= 0.6 is 0 Å². The van der Waals surface area contributed by atoms with Crippen molar-refractivity contribution in [1.29, 1.82) is 0 Å². The second kappa shape index (κ2) is 7.45. The normalized spacial score (nSPS) is 18.4. The highest BCUT2D eigenvalue weighted by Crippen LogP contribution is 2.38. The summed E-state index contributed by atoms with van der Waals surface area (Å²) in [5, 5.41) is 12.5. The van der Waals surface area contributed by atoms with Gasteiger partial charge in [0.1, 0.15) is 18.0 Å². The van der Waals surface area contributed by atoms with Gasteiger partial charge in [-0.15, -0.1) is 0 Å². The Kier molecular flexibility index (Phi) is 4.86. The zero-order valence-electron chi connectivity index (χ0n) is 15.4. The van der Waals surface area contributed by atoms with E-state index in [1.807, 2.05) is 24.3 Å². The standard InChI is InChI=1S/C22H23NO4/c1-26-19-8-4-3-7-15(19)13-20-21(25)16-9-10-18(24)17(22(16)27-20)14-23-11-5-2-6-12-23/h3-4,7-10,13,24H,2,5-6,11-12,14H2,1H3/b20-13-. The molecule has 0 aliphatic carbocycles. The van der Waals surface area contributed by atoms with Gasteiger partial charge in [-0.3, -0.25) is 4.79 Å². The predicted octanol–water partition coefficient (Wildman–Crippen LogP) is 1.95. The lowest BCUT2D eigenvalue weighted by molar-refractivity contribution is -0.918. The Hall–Kier alpha value is -2.79. The van der Waals surface area contributed by atoms with Crippen LogP contribution in [0.1, 0.15) is 40.7 Å². The summed E-state index contributed by atoms with van der Waals surface area (Å²) < 4.78 is 11.3. The molecule has 0 aromatic heterocycles. The Morgan fingerprint density at radius 1 is 1.15 bits per heavy atom. The van der Waals surface area contributed by atoms with E-state index in [2.05, 4.69) is 0 Å². The molecule has 0 radical (unpaired) electrons. The maximum atomic E-state index is 12.8. The van der Waals surface area contributed by atoms with Crippen LogP contribution in [-0.2, 0) is 6.54 Å². The molecule has 0 saturated carbocycles. The molecule has 1 N–H and O–H groups in total. The first-order valence-electron chi connectivity index (χ1n) is 9.41. The van der Waals surface area contributed by atoms with Gasteiger partial charge in [-0.25, -0.2) is 0 Å². The summed E-state index contributed by atoms with van der Waals surface area (Å²) in [4.78, 5) is 14.2. The number of methoxy groups -OCH3 is 1. The van der Waals surface area contributed by atoms with Crippen molar-refractivity contribution >= 4 is 11.9 Å². The largest absolute Gasteiger partial charge is 0.872 e. The maximum absolute atomic E-state index is 12.8. The number of carbonyl (C=O) groups is 1. The van der Waals surface area contributed by atoms with E-state index in [-0.39, 0.29) is 17.3 Å². The first kappa shape index (κ1) is 17.6. The van der Waals surface area contributed by atoms with Gasteiger partial charge in [-0.1, -0.05) is 30.0 Å². The summed E-state index contributed by atoms with van der Waals surface area (Å²) in [6, 6.07) is 10.5. The number of fused-ring (bicyclic) bond motifs is 1. The van der Waals surface area contributed by atoms with Crippen molar-refractivity contribution in [2.24, 2.45) is 0 Å². The molecule has 5 heteroatoms. The number of nitrogens with one attached hydrogen (secondary N) is 1. The number of ether oxygens (including phenoxy) is 2. The molecule has 2 aromatic rings. The van der Waals surface area contributed by atoms with Crippen molar-refractivity contribution in [2.45, 2.75) is 25.8 Å². The molecule has 140 valence electrons. The summed E-state index contributed by atoms with van der Waals surface area (Å²) in [6.45, 7) is 2.72. The molecule has 1 fully saturated rings. The highest BCUT2D eigenvalue weighted by molar-refractivity contribution is 6.15. The second-order valence-corrected chi connectivity index (χ2v) is 7.09. The van der Waals surface area contributed by atoms with E-state index in [9.17, 15) is 9.90 Å². The summed E-state index contributed by atoms with van der Waals surface area (Å²) in [5.74, 6) is 1.09. The molecular weight excluding hydrogens is 342 g/mol. The van der Waals surface area contributed by atoms with Gasteiger partial charge in [0.2, 0.25) is 5.78 Å². The Morgan fingerprint density at radius 2 is 1.93 bits per heavy atom. The predicted molar refractivity (Wildman–Crippen MR) is 100 cm³/mol. The Labute approximate surface area is 158 Å². The van der Waals surface area contributed by atoms with E-state index < -0.39 is 0 Å². The lowest BCUT2D eigenvalue weighted by Crippen LogP contribution is -3.11. The van der Waals surface area contributed by atoms with Crippen molar-refractivity contribution in [2.75, 3.05) is 20.2 Å². The molecule has 0 bridgehead atoms. The monoisotopic (exact) mass is 365 g/mol. The van der Waals surface area contributed by atoms with E-state index in [0.717, 1.165) is 18.7 Å². The molecule has 0 unspecified atom stereocenters. The third kappa shape index (κ3) is 3.43. The molecule has 2 heterocycles. The first-order valence-corrected chi connectivity index (χ1v) is 9.41. The van der Waals surface area contributed by atoms with Crippen LogP contribution in [0.3, 0.4) is 0 Å². The molecule has 2 aliphatic heterocycles. The third-order valence-electron chi connectivity index (χ3n) is 5.31. The number of quaternary nitrogens is 1. The number of hydrogen-bond donors (Lipinski definition) is 1. The number of allylic oxidation sites excluding steroid dienone is 1. The van der Waals surface area contributed by atoms with Crippen molar-refractivity contribution in [3.05, 3.63) is 58.8 Å². The summed E-state index contributed by atoms with van der Waals surface area (Å²) >= 11 is 0. The van der Waals surface area contributed by atoms with Gasteiger partial charge in [0.25, 0.3) is 0 Å². The molecule has 5 nitrogen and oxygen atoms in total.